The fraction of sp³-hybridized carbons (Fsp3) is 0. The number of hydrogen-bond donors (Lipinski definition) is 1. The molecule has 16 aromatic carbocycles. The minimum Gasteiger partial charge on any atom is -0.537 e. The maximum absolute atomic E-state index is 8.94. The maximum atomic E-state index is 8.94. The second kappa shape index (κ2) is 29.7. The minimum absolute atomic E-state index is 0.589. The molecular formula is C102H69BBrN8O2. The Morgan fingerprint density at radius 1 is 0.237 bits per heavy atom. The summed E-state index contributed by atoms with van der Waals surface area (Å²) >= 11 is 3.79. The smallest absolute Gasteiger partial charge is 0.537 e. The molecule has 10 nitrogen and oxygen atoms in total. The highest BCUT2D eigenvalue weighted by Crippen LogP contribution is 2.45. The van der Waals surface area contributed by atoms with Crippen LogP contribution in [0.3, 0.4) is 0 Å². The first-order valence-corrected chi connectivity index (χ1v) is 38.9. The van der Waals surface area contributed by atoms with Crippen LogP contribution in [-0.4, -0.2) is 50.5 Å². The van der Waals surface area contributed by atoms with E-state index in [1.807, 2.05) is 89.6 Å². The fourth-order valence-corrected chi connectivity index (χ4v) is 17.3. The number of rotatable bonds is 13. The van der Waals surface area contributed by atoms with Gasteiger partial charge < -0.3 is 27.9 Å². The van der Waals surface area contributed by atoms with Crippen LogP contribution in [0.4, 0.5) is 0 Å². The van der Waals surface area contributed by atoms with Crippen LogP contribution >= 0.6 is 15.9 Å². The van der Waals surface area contributed by atoms with E-state index in [-0.39, 0.29) is 0 Å². The standard InChI is InChI=1S/C51H34N4.C30H20BN2O2.C21H15BrN2/c1-4-16-36(17-5-1)50-49(51(37-18-6-2-7-19-37)55(52-50)39-20-8-3-9-21-39)35-28-30-38(31-29-35)53-47-27-15-12-24-43(47)44-34-40(32-33-48(44)53)54-45-25-13-10-22-41(45)42-23-11-14-26-46(42)54;34-31-35-22-16-13-20(14-17-22)32-29-12-6-3-9-25(29)26-19-21(15-18-30(26)32)33-27-10-4-1-7-23(27)24-8-2-5-11-28(24)33;22-19-20(16-10-4-1-5-11-16)23-24(18-14-8-3-9-15-18)21(19)17-12-6-2-7-13-17/h1-34H;1-19,34H;1-15H. The van der Waals surface area contributed by atoms with Gasteiger partial charge in [-0.2, -0.15) is 10.2 Å². The van der Waals surface area contributed by atoms with Gasteiger partial charge in [0.05, 0.1) is 71.4 Å². The summed E-state index contributed by atoms with van der Waals surface area (Å²) < 4.78 is 19.6. The zero-order valence-corrected chi connectivity index (χ0v) is 63.2. The van der Waals surface area contributed by atoms with Crippen LogP contribution in [-0.2, 0) is 0 Å². The van der Waals surface area contributed by atoms with Crippen molar-refractivity contribution < 1.29 is 9.68 Å². The van der Waals surface area contributed by atoms with Gasteiger partial charge in [-0.1, -0.05) is 279 Å². The van der Waals surface area contributed by atoms with E-state index in [1.54, 1.807) is 0 Å². The van der Waals surface area contributed by atoms with Crippen molar-refractivity contribution in [2.75, 3.05) is 0 Å². The number of fused-ring (bicyclic) bond motifs is 12. The summed E-state index contributed by atoms with van der Waals surface area (Å²) in [5.74, 6) is 0.589. The van der Waals surface area contributed by atoms with Crippen molar-refractivity contribution >= 4 is 111 Å². The highest BCUT2D eigenvalue weighted by atomic mass is 79.9. The summed E-state index contributed by atoms with van der Waals surface area (Å²) in [6.07, 6.45) is 0. The van der Waals surface area contributed by atoms with Crippen molar-refractivity contribution in [3.63, 3.8) is 0 Å². The molecule has 1 N–H and O–H groups in total. The lowest BCUT2D eigenvalue weighted by molar-refractivity contribution is 0.454. The molecule has 12 heteroatoms. The molecule has 0 aliphatic heterocycles. The van der Waals surface area contributed by atoms with E-state index in [2.05, 4.69) is 366 Å². The highest BCUT2D eigenvalue weighted by Gasteiger charge is 2.26. The van der Waals surface area contributed by atoms with E-state index in [9.17, 15) is 0 Å². The van der Waals surface area contributed by atoms with Crippen molar-refractivity contribution in [3.05, 3.63) is 417 Å². The summed E-state index contributed by atoms with van der Waals surface area (Å²) in [6.45, 7) is 0. The predicted octanol–water partition coefficient (Wildman–Crippen LogP) is 25.8. The molecule has 6 heterocycles. The lowest BCUT2D eigenvalue weighted by atomic mass is 9.95. The molecule has 0 unspecified atom stereocenters. The molecule has 22 rings (SSSR count). The largest absolute Gasteiger partial charge is 0.569 e. The van der Waals surface area contributed by atoms with Gasteiger partial charge in [-0.15, -0.1) is 0 Å². The summed E-state index contributed by atoms with van der Waals surface area (Å²) in [6, 6.07) is 145. The Kier molecular flexibility index (Phi) is 17.9. The molecule has 1 radical (unpaired) electrons. The Morgan fingerprint density at radius 3 is 0.904 bits per heavy atom. The van der Waals surface area contributed by atoms with Crippen LogP contribution in [0.2, 0.25) is 0 Å². The third kappa shape index (κ3) is 12.2. The van der Waals surface area contributed by atoms with E-state index in [1.165, 1.54) is 76.2 Å². The van der Waals surface area contributed by atoms with Crippen LogP contribution in [0.1, 0.15) is 0 Å². The van der Waals surface area contributed by atoms with Gasteiger partial charge in [0.25, 0.3) is 0 Å². The Morgan fingerprint density at radius 2 is 0.518 bits per heavy atom. The highest BCUT2D eigenvalue weighted by molar-refractivity contribution is 9.10. The van der Waals surface area contributed by atoms with Gasteiger partial charge in [-0.3, -0.25) is 0 Å². The number of aromatic nitrogens is 8. The van der Waals surface area contributed by atoms with Gasteiger partial charge in [-0.25, -0.2) is 9.36 Å². The van der Waals surface area contributed by atoms with Crippen molar-refractivity contribution in [3.8, 4) is 96.0 Å². The molecule has 0 fully saturated rings. The number of hydrogen-bond acceptors (Lipinski definition) is 4. The molecular weight excluding hydrogens is 1460 g/mol. The Labute approximate surface area is 666 Å². The van der Waals surface area contributed by atoms with Gasteiger partial charge in [0.2, 0.25) is 0 Å². The van der Waals surface area contributed by atoms with Crippen LogP contribution in [0.5, 0.6) is 5.75 Å². The lowest BCUT2D eigenvalue weighted by Crippen LogP contribution is -2.00. The molecule has 114 heavy (non-hydrogen) atoms. The van der Waals surface area contributed by atoms with E-state index in [0.29, 0.717) is 13.4 Å². The maximum Gasteiger partial charge on any atom is 0.569 e. The first-order chi connectivity index (χ1) is 56.5. The number of benzene rings is 16. The summed E-state index contributed by atoms with van der Waals surface area (Å²) in [7, 11) is 0.700. The molecule has 0 amide bonds. The number of para-hydroxylation sites is 8. The van der Waals surface area contributed by atoms with Crippen LogP contribution < -0.4 is 4.65 Å². The topological polar surface area (TPSA) is 84.8 Å². The van der Waals surface area contributed by atoms with E-state index >= 15 is 0 Å². The first-order valence-electron chi connectivity index (χ1n) is 38.1. The third-order valence-corrected chi connectivity index (χ3v) is 22.3. The van der Waals surface area contributed by atoms with Crippen molar-refractivity contribution in [1.82, 2.24) is 37.8 Å². The van der Waals surface area contributed by atoms with Crippen molar-refractivity contribution in [2.24, 2.45) is 0 Å². The fourth-order valence-electron chi connectivity index (χ4n) is 16.6. The second-order valence-corrected chi connectivity index (χ2v) is 28.9. The number of nitrogens with zero attached hydrogens (tertiary/aromatic N) is 8. The Balaban J connectivity index is 0.000000122. The summed E-state index contributed by atoms with van der Waals surface area (Å²) in [5, 5.41) is 29.1. The number of halogens is 1. The summed E-state index contributed by atoms with van der Waals surface area (Å²) in [5.41, 5.74) is 26.6. The molecule has 0 aliphatic rings. The predicted molar refractivity (Wildman–Crippen MR) is 474 cm³/mol. The van der Waals surface area contributed by atoms with Crippen molar-refractivity contribution in [2.45, 2.75) is 0 Å². The molecule has 0 atom stereocenters. The van der Waals surface area contributed by atoms with E-state index < -0.39 is 0 Å². The van der Waals surface area contributed by atoms with E-state index in [4.69, 9.17) is 19.9 Å². The normalized spacial score (nSPS) is 11.4. The Bertz CT molecular complexity index is 7170. The Hall–Kier alpha value is -14.6. The lowest BCUT2D eigenvalue weighted by Gasteiger charge is -2.13. The molecule has 0 saturated carbocycles. The van der Waals surface area contributed by atoms with Gasteiger partial charge in [0, 0.05) is 93.7 Å². The average molecular weight is 1530 g/mol. The molecule has 0 aliphatic carbocycles. The summed E-state index contributed by atoms with van der Waals surface area (Å²) in [4.78, 5) is 0. The molecule has 22 aromatic rings. The van der Waals surface area contributed by atoms with Crippen LogP contribution in [0.15, 0.2) is 417 Å². The quantitative estimate of drug-likeness (QED) is 0.117. The molecule has 0 bridgehead atoms. The van der Waals surface area contributed by atoms with Gasteiger partial charge in [0.15, 0.2) is 0 Å². The van der Waals surface area contributed by atoms with Gasteiger partial charge >= 0.3 is 7.69 Å². The minimum atomic E-state index is 0.589. The van der Waals surface area contributed by atoms with Crippen LogP contribution in [0, 0.1) is 0 Å². The van der Waals surface area contributed by atoms with Crippen LogP contribution in [0.25, 0.3) is 178 Å². The zero-order valence-electron chi connectivity index (χ0n) is 61.6. The average Bonchev–Trinajstić information content (AvgIpc) is 1.58. The molecule has 0 spiro atoms. The monoisotopic (exact) mass is 1530 g/mol. The molecule has 6 aromatic heterocycles. The second-order valence-electron chi connectivity index (χ2n) is 28.2. The van der Waals surface area contributed by atoms with Crippen molar-refractivity contribution in [1.29, 1.82) is 0 Å². The first kappa shape index (κ1) is 68.7. The SMILES string of the molecule is Brc1c(-c2ccccc2)nn(-c2ccccc2)c1-c1ccccc1.O[B]Oc1ccc(-n2c3ccccc3c3cc(-n4c5ccccc5c5ccccc54)ccc32)cc1.c1ccc(-c2nn(-c3ccccc3)c(-c3ccccc3)c2-c2ccc(-n3c4ccccc4c4cc(-n5c6ccccc6c6ccccc65)ccc43)cc2)cc1. The van der Waals surface area contributed by atoms with E-state index in [0.717, 1.165) is 106 Å². The molecule has 539 valence electrons. The third-order valence-electron chi connectivity index (χ3n) is 21.6. The van der Waals surface area contributed by atoms with Gasteiger partial charge in [-0.05, 0) is 155 Å². The molecule has 0 saturated heterocycles. The van der Waals surface area contributed by atoms with Gasteiger partial charge in [0.1, 0.15) is 17.1 Å². The zero-order chi connectivity index (χ0) is 76.0.